The van der Waals surface area contributed by atoms with E-state index in [1.165, 1.54) is 0 Å². The molecule has 2 aromatic rings. The van der Waals surface area contributed by atoms with Crippen molar-refractivity contribution in [2.24, 2.45) is 0 Å². The second kappa shape index (κ2) is 8.24. The number of aryl methyl sites for hydroxylation is 1. The molecule has 1 aromatic carbocycles. The third-order valence-corrected chi connectivity index (χ3v) is 10.4. The Morgan fingerprint density at radius 2 is 1.89 bits per heavy atom. The Hall–Kier alpha value is -1.88. The molecule has 0 spiro atoms. The summed E-state index contributed by atoms with van der Waals surface area (Å²) in [6.45, 7) is 23.9. The maximum Gasteiger partial charge on any atom is 0.241 e. The Balaban J connectivity index is 2.39. The Morgan fingerprint density at radius 1 is 1.25 bits per heavy atom. The van der Waals surface area contributed by atoms with Gasteiger partial charge in [0, 0.05) is 12.6 Å². The first kappa shape index (κ1) is 22.4. The number of anilines is 1. The lowest BCUT2D eigenvalue weighted by Gasteiger charge is -2.40. The van der Waals surface area contributed by atoms with E-state index in [4.69, 9.17) is 27.0 Å². The van der Waals surface area contributed by atoms with Crippen LogP contribution in [-0.4, -0.2) is 24.6 Å². The molecule has 1 heterocycles. The van der Waals surface area contributed by atoms with E-state index in [9.17, 15) is 0 Å². The van der Waals surface area contributed by atoms with Gasteiger partial charge in [-0.25, -0.2) is 4.85 Å². The van der Waals surface area contributed by atoms with Gasteiger partial charge in [-0.3, -0.25) is 0 Å². The predicted octanol–water partition coefficient (Wildman–Crippen LogP) is 6.45. The van der Waals surface area contributed by atoms with Crippen LogP contribution in [0.15, 0.2) is 16.5 Å². The number of nitrogens with one attached hydrogen (secondary N) is 1. The molecule has 0 radical (unpaired) electrons. The van der Waals surface area contributed by atoms with Crippen LogP contribution < -0.4 is 5.32 Å². The van der Waals surface area contributed by atoms with Crippen LogP contribution in [0.4, 0.5) is 11.4 Å². The largest absolute Gasteiger partial charge is 0.423 e. The predicted molar refractivity (Wildman–Crippen MR) is 116 cm³/mol. The van der Waals surface area contributed by atoms with E-state index in [1.807, 2.05) is 19.9 Å². The van der Waals surface area contributed by atoms with Gasteiger partial charge in [-0.05, 0) is 43.6 Å². The average Bonchev–Trinajstić information content (AvgIpc) is 3.00. The minimum Gasteiger partial charge on any atom is -0.423 e. The van der Waals surface area contributed by atoms with Crippen molar-refractivity contribution in [2.45, 2.75) is 71.8 Å². The lowest BCUT2D eigenvalue weighted by molar-refractivity contribution is 0.165. The summed E-state index contributed by atoms with van der Waals surface area (Å²) in [6, 6.07) is 3.22. The van der Waals surface area contributed by atoms with E-state index >= 15 is 0 Å². The molecule has 1 N–H and O–H groups in total. The molecular weight excluding hydrogens is 392 g/mol. The van der Waals surface area contributed by atoms with Gasteiger partial charge in [-0.2, -0.15) is 0 Å². The van der Waals surface area contributed by atoms with Crippen LogP contribution >= 0.6 is 11.6 Å². The lowest BCUT2D eigenvalue weighted by Crippen LogP contribution is -2.45. The minimum atomic E-state index is -2.01. The summed E-state index contributed by atoms with van der Waals surface area (Å²) in [6.07, 6.45) is -0.209. The van der Waals surface area contributed by atoms with Crippen LogP contribution in [0.1, 0.15) is 51.1 Å². The normalized spacial score (nSPS) is 14.4. The molecule has 28 heavy (non-hydrogen) atoms. The van der Waals surface area contributed by atoms with Crippen molar-refractivity contribution in [3.63, 3.8) is 0 Å². The van der Waals surface area contributed by atoms with Crippen molar-refractivity contribution in [3.8, 4) is 0 Å². The summed E-state index contributed by atoms with van der Waals surface area (Å²) in [5.41, 5.74) is 2.04. The maximum atomic E-state index is 7.23. The zero-order valence-corrected chi connectivity index (χ0v) is 19.6. The van der Waals surface area contributed by atoms with Crippen LogP contribution in [-0.2, 0) is 4.43 Å². The summed E-state index contributed by atoms with van der Waals surface area (Å²) < 4.78 is 12.3. The number of hydrogen-bond acceptors (Lipinski definition) is 5. The smallest absolute Gasteiger partial charge is 0.241 e. The van der Waals surface area contributed by atoms with Gasteiger partial charge < -0.3 is 14.2 Å². The fourth-order valence-electron chi connectivity index (χ4n) is 2.61. The van der Waals surface area contributed by atoms with Crippen molar-refractivity contribution >= 4 is 31.3 Å². The molecule has 0 amide bonds. The molecule has 2 atom stereocenters. The lowest BCUT2D eigenvalue weighted by atomic mass is 10.1. The monoisotopic (exact) mass is 420 g/mol. The quantitative estimate of drug-likeness (QED) is 0.429. The average molecular weight is 421 g/mol. The minimum absolute atomic E-state index is 0.0765. The molecule has 8 heteroatoms. The van der Waals surface area contributed by atoms with Gasteiger partial charge in [-0.1, -0.05) is 38.4 Å². The molecular formula is C20H29ClN4O2Si. The molecule has 0 aliphatic carbocycles. The first-order chi connectivity index (χ1) is 12.9. The fraction of sp³-hybridized carbons (Fsp3) is 0.550. The fourth-order valence-corrected chi connectivity index (χ4v) is 4.23. The maximum absolute atomic E-state index is 7.23. The van der Waals surface area contributed by atoms with Gasteiger partial charge in [0.1, 0.15) is 6.04 Å². The van der Waals surface area contributed by atoms with Crippen molar-refractivity contribution < 1.29 is 8.84 Å². The number of aromatic nitrogens is 2. The van der Waals surface area contributed by atoms with E-state index in [0.29, 0.717) is 22.5 Å². The van der Waals surface area contributed by atoms with Gasteiger partial charge in [0.25, 0.3) is 0 Å². The highest BCUT2D eigenvalue weighted by Gasteiger charge is 2.40. The second-order valence-corrected chi connectivity index (χ2v) is 13.7. The molecule has 0 aliphatic rings. The first-order valence-corrected chi connectivity index (χ1v) is 12.6. The zero-order chi connectivity index (χ0) is 21.3. The topological polar surface area (TPSA) is 64.5 Å². The number of halogens is 1. The molecule has 0 bridgehead atoms. The summed E-state index contributed by atoms with van der Waals surface area (Å²) in [7, 11) is -2.01. The summed E-state index contributed by atoms with van der Waals surface area (Å²) in [5, 5.41) is 12.2. The van der Waals surface area contributed by atoms with E-state index in [-0.39, 0.29) is 17.2 Å². The Kier molecular flexibility index (Phi) is 6.59. The Bertz CT molecular complexity index is 883. The summed E-state index contributed by atoms with van der Waals surface area (Å²) in [5.74, 6) is 0.966. The van der Waals surface area contributed by atoms with E-state index in [2.05, 4.69) is 54.2 Å². The van der Waals surface area contributed by atoms with Crippen LogP contribution in [0.25, 0.3) is 4.85 Å². The second-order valence-electron chi connectivity index (χ2n) is 8.55. The number of rotatable bonds is 6. The van der Waals surface area contributed by atoms with Gasteiger partial charge in [0.15, 0.2) is 8.32 Å². The SMILES string of the molecule is [C-]#[N+]c1ccc(N[C@@H](c2nnc(C)o2)C(C)O[Si](C)(C)C(C)(C)C)c(C)c1Cl. The molecule has 1 aromatic heterocycles. The van der Waals surface area contributed by atoms with Crippen molar-refractivity contribution in [1.29, 1.82) is 0 Å². The number of benzene rings is 1. The van der Waals surface area contributed by atoms with Gasteiger partial charge >= 0.3 is 0 Å². The highest BCUT2D eigenvalue weighted by molar-refractivity contribution is 6.74. The van der Waals surface area contributed by atoms with E-state index in [0.717, 1.165) is 11.3 Å². The summed E-state index contributed by atoms with van der Waals surface area (Å²) in [4.78, 5) is 3.45. The van der Waals surface area contributed by atoms with Crippen molar-refractivity contribution in [3.05, 3.63) is 45.9 Å². The third-order valence-electron chi connectivity index (χ3n) is 5.36. The highest BCUT2D eigenvalue weighted by Crippen LogP contribution is 2.40. The molecule has 152 valence electrons. The molecule has 1 unspecified atom stereocenters. The Morgan fingerprint density at radius 3 is 2.39 bits per heavy atom. The Labute approximate surface area is 173 Å². The standard InChI is InChI=1S/C20H29ClN4O2Si/c1-12-15(10-11-16(22-7)17(12)21)23-18(19-25-24-14(3)26-19)13(2)27-28(8,9)20(4,5)6/h10-11,13,18,23H,1-6,8-9H3/t13?,18-/m1/s1. The van der Waals surface area contributed by atoms with E-state index in [1.54, 1.807) is 13.0 Å². The zero-order valence-electron chi connectivity index (χ0n) is 17.8. The van der Waals surface area contributed by atoms with E-state index < -0.39 is 8.32 Å². The molecule has 0 fully saturated rings. The van der Waals surface area contributed by atoms with Gasteiger partial charge in [0.2, 0.25) is 17.5 Å². The first-order valence-electron chi connectivity index (χ1n) is 9.28. The highest BCUT2D eigenvalue weighted by atomic mass is 35.5. The van der Waals surface area contributed by atoms with Crippen LogP contribution in [0.2, 0.25) is 23.2 Å². The number of nitrogens with zero attached hydrogens (tertiary/aromatic N) is 3. The van der Waals surface area contributed by atoms with Crippen molar-refractivity contribution in [2.75, 3.05) is 5.32 Å². The molecule has 0 saturated heterocycles. The molecule has 2 rings (SSSR count). The summed E-state index contributed by atoms with van der Waals surface area (Å²) >= 11 is 6.35. The molecule has 6 nitrogen and oxygen atoms in total. The third kappa shape index (κ3) is 4.74. The van der Waals surface area contributed by atoms with Crippen LogP contribution in [0.5, 0.6) is 0 Å². The van der Waals surface area contributed by atoms with Gasteiger partial charge in [-0.15, -0.1) is 10.2 Å². The van der Waals surface area contributed by atoms with Crippen molar-refractivity contribution in [1.82, 2.24) is 10.2 Å². The van der Waals surface area contributed by atoms with Gasteiger partial charge in [0.05, 0.1) is 17.7 Å². The molecule has 0 saturated carbocycles. The van der Waals surface area contributed by atoms with Crippen LogP contribution in [0, 0.1) is 20.4 Å². The molecule has 0 aliphatic heterocycles. The number of hydrogen-bond donors (Lipinski definition) is 1. The van der Waals surface area contributed by atoms with Crippen LogP contribution in [0.3, 0.4) is 0 Å².